The highest BCUT2D eigenvalue weighted by atomic mass is 16.6. The van der Waals surface area contributed by atoms with Crippen molar-refractivity contribution in [2.24, 2.45) is 0 Å². The number of carbonyl (C=O) groups excluding carboxylic acids is 1. The fourth-order valence-electron chi connectivity index (χ4n) is 2.87. The van der Waals surface area contributed by atoms with E-state index in [1.165, 1.54) is 70.6 Å². The van der Waals surface area contributed by atoms with Crippen LogP contribution in [-0.2, 0) is 14.3 Å². The molecule has 0 aliphatic carbocycles. The highest BCUT2D eigenvalue weighted by Gasteiger charge is 2.23. The van der Waals surface area contributed by atoms with Gasteiger partial charge in [-0.25, -0.2) is 4.79 Å². The first kappa shape index (κ1) is 18.5. The lowest BCUT2D eigenvalue weighted by Gasteiger charge is -2.21. The zero-order valence-corrected chi connectivity index (χ0v) is 13.9. The van der Waals surface area contributed by atoms with E-state index >= 15 is 0 Å². The lowest BCUT2D eigenvalue weighted by Crippen LogP contribution is -2.34. The number of esters is 1. The molecule has 1 aliphatic heterocycles. The fraction of sp³-hybridized carbons (Fsp3) is 0.944. The van der Waals surface area contributed by atoms with E-state index in [1.54, 1.807) is 0 Å². The third-order valence-corrected chi connectivity index (χ3v) is 4.23. The van der Waals surface area contributed by atoms with Crippen LogP contribution in [0.5, 0.6) is 0 Å². The Labute approximate surface area is 130 Å². The highest BCUT2D eigenvalue weighted by Crippen LogP contribution is 2.15. The lowest BCUT2D eigenvalue weighted by atomic mass is 10.0. The number of hydrogen-bond donors (Lipinski definition) is 0. The second-order valence-corrected chi connectivity index (χ2v) is 6.20. The average Bonchev–Trinajstić information content (AvgIpc) is 2.50. The van der Waals surface area contributed by atoms with Crippen LogP contribution in [0.15, 0.2) is 0 Å². The average molecular weight is 298 g/mol. The molecule has 0 aromatic carbocycles. The standard InChI is InChI=1S/C18H34O3/c1-2-3-4-5-6-7-8-9-10-11-12-13-14-17-18(19)21-16-15-20-17/h17H,2-16H2,1H3. The number of hydrogen-bond acceptors (Lipinski definition) is 3. The maximum absolute atomic E-state index is 11.4. The zero-order valence-electron chi connectivity index (χ0n) is 13.9. The molecule has 0 amide bonds. The van der Waals surface area contributed by atoms with Crippen molar-refractivity contribution in [2.45, 2.75) is 96.5 Å². The minimum absolute atomic E-state index is 0.163. The molecule has 1 unspecified atom stereocenters. The fourth-order valence-corrected chi connectivity index (χ4v) is 2.87. The van der Waals surface area contributed by atoms with Crippen LogP contribution in [0.2, 0.25) is 0 Å². The summed E-state index contributed by atoms with van der Waals surface area (Å²) in [5.74, 6) is -0.163. The quantitative estimate of drug-likeness (QED) is 0.354. The van der Waals surface area contributed by atoms with Crippen LogP contribution in [0.4, 0.5) is 0 Å². The van der Waals surface area contributed by atoms with Crippen molar-refractivity contribution in [1.29, 1.82) is 0 Å². The van der Waals surface area contributed by atoms with Crippen LogP contribution in [0.25, 0.3) is 0 Å². The Balaban J connectivity index is 1.77. The Morgan fingerprint density at radius 1 is 0.810 bits per heavy atom. The summed E-state index contributed by atoms with van der Waals surface area (Å²) in [7, 11) is 0. The van der Waals surface area contributed by atoms with Crippen molar-refractivity contribution >= 4 is 5.97 Å². The molecule has 0 bridgehead atoms. The molecule has 1 aliphatic rings. The van der Waals surface area contributed by atoms with Gasteiger partial charge in [-0.2, -0.15) is 0 Å². The SMILES string of the molecule is CCCCCCCCCCCCCCC1OCCOC1=O. The van der Waals surface area contributed by atoms with Crippen molar-refractivity contribution < 1.29 is 14.3 Å². The molecule has 0 N–H and O–H groups in total. The van der Waals surface area contributed by atoms with Gasteiger partial charge in [-0.05, 0) is 6.42 Å². The molecule has 0 saturated carbocycles. The minimum atomic E-state index is -0.290. The number of rotatable bonds is 13. The summed E-state index contributed by atoms with van der Waals surface area (Å²) in [5.41, 5.74) is 0. The van der Waals surface area contributed by atoms with Gasteiger partial charge in [0.15, 0.2) is 6.10 Å². The predicted molar refractivity (Wildman–Crippen MR) is 86.4 cm³/mol. The van der Waals surface area contributed by atoms with Crippen molar-refractivity contribution in [3.8, 4) is 0 Å². The second-order valence-electron chi connectivity index (χ2n) is 6.20. The van der Waals surface area contributed by atoms with Gasteiger partial charge in [0, 0.05) is 0 Å². The van der Waals surface area contributed by atoms with E-state index in [1.807, 2.05) is 0 Å². The van der Waals surface area contributed by atoms with Crippen molar-refractivity contribution in [3.05, 3.63) is 0 Å². The van der Waals surface area contributed by atoms with Gasteiger partial charge in [-0.3, -0.25) is 0 Å². The van der Waals surface area contributed by atoms with Gasteiger partial charge in [-0.1, -0.05) is 84.0 Å². The van der Waals surface area contributed by atoms with Crippen LogP contribution in [0.3, 0.4) is 0 Å². The molecular weight excluding hydrogens is 264 g/mol. The lowest BCUT2D eigenvalue weighted by molar-refractivity contribution is -0.171. The third kappa shape index (κ3) is 9.89. The monoisotopic (exact) mass is 298 g/mol. The van der Waals surface area contributed by atoms with E-state index in [0.29, 0.717) is 13.2 Å². The van der Waals surface area contributed by atoms with Crippen LogP contribution < -0.4 is 0 Å². The van der Waals surface area contributed by atoms with Gasteiger partial charge >= 0.3 is 5.97 Å². The van der Waals surface area contributed by atoms with E-state index in [2.05, 4.69) is 6.92 Å². The zero-order chi connectivity index (χ0) is 15.2. The molecular formula is C18H34O3. The smallest absolute Gasteiger partial charge is 0.335 e. The van der Waals surface area contributed by atoms with E-state index in [9.17, 15) is 4.79 Å². The third-order valence-electron chi connectivity index (χ3n) is 4.23. The van der Waals surface area contributed by atoms with Crippen LogP contribution in [0.1, 0.15) is 90.4 Å². The largest absolute Gasteiger partial charge is 0.461 e. The summed E-state index contributed by atoms with van der Waals surface area (Å²) in [6, 6.07) is 0. The normalized spacial score (nSPS) is 18.7. The molecule has 3 nitrogen and oxygen atoms in total. The van der Waals surface area contributed by atoms with E-state index in [-0.39, 0.29) is 12.1 Å². The second kappa shape index (κ2) is 13.1. The summed E-state index contributed by atoms with van der Waals surface area (Å²) in [4.78, 5) is 11.4. The number of cyclic esters (lactones) is 1. The molecule has 21 heavy (non-hydrogen) atoms. The van der Waals surface area contributed by atoms with Crippen molar-refractivity contribution in [2.75, 3.05) is 13.2 Å². The van der Waals surface area contributed by atoms with Gasteiger partial charge in [-0.15, -0.1) is 0 Å². The summed E-state index contributed by atoms with van der Waals surface area (Å²) in [6.45, 7) is 3.26. The molecule has 1 rings (SSSR count). The first-order chi connectivity index (χ1) is 10.3. The van der Waals surface area contributed by atoms with E-state index in [4.69, 9.17) is 9.47 Å². The Morgan fingerprint density at radius 3 is 1.86 bits per heavy atom. The summed E-state index contributed by atoms with van der Waals surface area (Å²) < 4.78 is 10.4. The molecule has 1 heterocycles. The van der Waals surface area contributed by atoms with Gasteiger partial charge in [0.05, 0.1) is 6.61 Å². The maximum Gasteiger partial charge on any atom is 0.335 e. The Hall–Kier alpha value is -0.570. The highest BCUT2D eigenvalue weighted by molar-refractivity contribution is 5.75. The summed E-state index contributed by atoms with van der Waals surface area (Å²) in [6.07, 6.45) is 16.6. The van der Waals surface area contributed by atoms with E-state index < -0.39 is 0 Å². The Morgan fingerprint density at radius 2 is 1.33 bits per heavy atom. The molecule has 0 radical (unpaired) electrons. The van der Waals surface area contributed by atoms with Crippen LogP contribution >= 0.6 is 0 Å². The number of carbonyl (C=O) groups is 1. The summed E-state index contributed by atoms with van der Waals surface area (Å²) >= 11 is 0. The van der Waals surface area contributed by atoms with Gasteiger partial charge < -0.3 is 9.47 Å². The predicted octanol–water partition coefficient (Wildman–Crippen LogP) is 5.02. The molecule has 3 heteroatoms. The number of ether oxygens (including phenoxy) is 2. The molecule has 1 fully saturated rings. The summed E-state index contributed by atoms with van der Waals surface area (Å²) in [5, 5.41) is 0. The molecule has 124 valence electrons. The number of unbranched alkanes of at least 4 members (excludes halogenated alkanes) is 11. The Kier molecular flexibility index (Phi) is 11.5. The van der Waals surface area contributed by atoms with Crippen molar-refractivity contribution in [3.63, 3.8) is 0 Å². The van der Waals surface area contributed by atoms with E-state index in [0.717, 1.165) is 12.8 Å². The molecule has 0 aromatic rings. The van der Waals surface area contributed by atoms with Crippen LogP contribution in [-0.4, -0.2) is 25.3 Å². The van der Waals surface area contributed by atoms with Gasteiger partial charge in [0.2, 0.25) is 0 Å². The maximum atomic E-state index is 11.4. The molecule has 1 atom stereocenters. The van der Waals surface area contributed by atoms with Crippen LogP contribution in [0, 0.1) is 0 Å². The first-order valence-corrected chi connectivity index (χ1v) is 9.13. The topological polar surface area (TPSA) is 35.5 Å². The molecule has 0 spiro atoms. The molecule has 1 saturated heterocycles. The van der Waals surface area contributed by atoms with Crippen molar-refractivity contribution in [1.82, 2.24) is 0 Å². The Bertz CT molecular complexity index is 253. The first-order valence-electron chi connectivity index (χ1n) is 9.13. The van der Waals surface area contributed by atoms with Gasteiger partial charge in [0.25, 0.3) is 0 Å². The van der Waals surface area contributed by atoms with Gasteiger partial charge in [0.1, 0.15) is 6.61 Å². The minimum Gasteiger partial charge on any atom is -0.461 e. The molecule has 0 aromatic heterocycles.